The van der Waals surface area contributed by atoms with E-state index in [4.69, 9.17) is 14.2 Å². The Labute approximate surface area is 127 Å². The molecule has 118 valence electrons. The predicted octanol–water partition coefficient (Wildman–Crippen LogP) is 0.643. The number of aromatic nitrogens is 2. The van der Waals surface area contributed by atoms with Gasteiger partial charge in [0.25, 0.3) is 5.56 Å². The van der Waals surface area contributed by atoms with E-state index in [2.05, 4.69) is 14.9 Å². The average Bonchev–Trinajstić information content (AvgIpc) is 2.55. The fourth-order valence-electron chi connectivity index (χ4n) is 2.43. The number of rotatable bonds is 5. The van der Waals surface area contributed by atoms with Crippen molar-refractivity contribution in [3.63, 3.8) is 0 Å². The van der Waals surface area contributed by atoms with Gasteiger partial charge in [-0.1, -0.05) is 0 Å². The molecule has 1 saturated heterocycles. The van der Waals surface area contributed by atoms with Crippen LogP contribution in [0.4, 0.5) is 0 Å². The summed E-state index contributed by atoms with van der Waals surface area (Å²) in [5, 5.41) is 0. The fourth-order valence-corrected chi connectivity index (χ4v) is 2.43. The lowest BCUT2D eigenvalue weighted by atomic mass is 10.2. The zero-order valence-corrected chi connectivity index (χ0v) is 12.5. The summed E-state index contributed by atoms with van der Waals surface area (Å²) in [6, 6.07) is 3.51. The van der Waals surface area contributed by atoms with Gasteiger partial charge in [0.15, 0.2) is 11.5 Å². The van der Waals surface area contributed by atoms with Gasteiger partial charge in [-0.05, 0) is 0 Å². The second kappa shape index (κ2) is 6.76. The van der Waals surface area contributed by atoms with Crippen molar-refractivity contribution in [2.45, 2.75) is 0 Å². The van der Waals surface area contributed by atoms with Crippen LogP contribution in [0, 0.1) is 0 Å². The topological polar surface area (TPSA) is 76.7 Å². The van der Waals surface area contributed by atoms with E-state index in [9.17, 15) is 4.79 Å². The minimum Gasteiger partial charge on any atom is -0.493 e. The van der Waals surface area contributed by atoms with Gasteiger partial charge in [-0.15, -0.1) is 0 Å². The minimum atomic E-state index is -0.240. The van der Waals surface area contributed by atoms with Gasteiger partial charge >= 0.3 is 0 Å². The maximum absolute atomic E-state index is 11.3. The monoisotopic (exact) mass is 305 g/mol. The summed E-state index contributed by atoms with van der Waals surface area (Å²) < 4.78 is 16.5. The summed E-state index contributed by atoms with van der Waals surface area (Å²) in [6.07, 6.45) is 1.26. The molecule has 0 atom stereocenters. The third-order valence-corrected chi connectivity index (χ3v) is 3.63. The van der Waals surface area contributed by atoms with Crippen molar-refractivity contribution in [1.29, 1.82) is 0 Å². The van der Waals surface area contributed by atoms with Gasteiger partial charge < -0.3 is 19.2 Å². The Hall–Kier alpha value is -2.12. The standard InChI is InChI=1S/C15H19N3O4/c1-20-13-9-12-11(16-10-15(19)17-12)8-14(13)22-7-4-18-2-5-21-6-3-18/h8-10H,2-7H2,1H3,(H,17,19). The zero-order chi connectivity index (χ0) is 15.4. The van der Waals surface area contributed by atoms with Crippen molar-refractivity contribution in [3.05, 3.63) is 28.7 Å². The molecule has 1 aromatic carbocycles. The maximum Gasteiger partial charge on any atom is 0.266 e. The number of benzene rings is 1. The molecule has 7 nitrogen and oxygen atoms in total. The van der Waals surface area contributed by atoms with E-state index in [1.807, 2.05) is 0 Å². The van der Waals surface area contributed by atoms with Crippen molar-refractivity contribution in [1.82, 2.24) is 14.9 Å². The molecule has 0 saturated carbocycles. The first-order chi connectivity index (χ1) is 10.8. The highest BCUT2D eigenvalue weighted by molar-refractivity contribution is 5.78. The Bertz CT molecular complexity index is 695. The van der Waals surface area contributed by atoms with Gasteiger partial charge in [-0.25, -0.2) is 4.98 Å². The van der Waals surface area contributed by atoms with Crippen LogP contribution < -0.4 is 15.0 Å². The highest BCUT2D eigenvalue weighted by Gasteiger charge is 2.12. The van der Waals surface area contributed by atoms with Crippen LogP contribution in [-0.2, 0) is 4.74 Å². The molecule has 0 unspecified atom stereocenters. The fraction of sp³-hybridized carbons (Fsp3) is 0.467. The highest BCUT2D eigenvalue weighted by atomic mass is 16.5. The Kier molecular flexibility index (Phi) is 4.55. The van der Waals surface area contributed by atoms with E-state index in [1.54, 1.807) is 19.2 Å². The largest absolute Gasteiger partial charge is 0.493 e. The van der Waals surface area contributed by atoms with Gasteiger partial charge in [-0.3, -0.25) is 9.69 Å². The number of nitrogens with zero attached hydrogens (tertiary/aromatic N) is 2. The molecule has 22 heavy (non-hydrogen) atoms. The number of methoxy groups -OCH3 is 1. The first-order valence-electron chi connectivity index (χ1n) is 7.26. The maximum atomic E-state index is 11.3. The normalized spacial score (nSPS) is 15.9. The lowest BCUT2D eigenvalue weighted by Gasteiger charge is -2.26. The number of morpholine rings is 1. The minimum absolute atomic E-state index is 0.240. The number of fused-ring (bicyclic) bond motifs is 1. The van der Waals surface area contributed by atoms with Crippen LogP contribution >= 0.6 is 0 Å². The molecule has 2 heterocycles. The quantitative estimate of drug-likeness (QED) is 0.874. The van der Waals surface area contributed by atoms with E-state index in [0.29, 0.717) is 29.1 Å². The van der Waals surface area contributed by atoms with Crippen molar-refractivity contribution in [3.8, 4) is 11.5 Å². The summed E-state index contributed by atoms with van der Waals surface area (Å²) in [5.41, 5.74) is 1.06. The number of nitrogens with one attached hydrogen (secondary N) is 1. The third-order valence-electron chi connectivity index (χ3n) is 3.63. The molecule has 1 aliphatic heterocycles. The van der Waals surface area contributed by atoms with E-state index in [-0.39, 0.29) is 5.56 Å². The highest BCUT2D eigenvalue weighted by Crippen LogP contribution is 2.30. The van der Waals surface area contributed by atoms with E-state index < -0.39 is 0 Å². The molecule has 1 aliphatic rings. The van der Waals surface area contributed by atoms with E-state index in [1.165, 1.54) is 6.20 Å². The molecule has 7 heteroatoms. The van der Waals surface area contributed by atoms with Crippen LogP contribution in [0.5, 0.6) is 11.5 Å². The van der Waals surface area contributed by atoms with Gasteiger partial charge in [0, 0.05) is 31.8 Å². The van der Waals surface area contributed by atoms with Gasteiger partial charge in [0.2, 0.25) is 0 Å². The lowest BCUT2D eigenvalue weighted by molar-refractivity contribution is 0.0321. The molecule has 3 rings (SSSR count). The molecule has 2 aromatic rings. The molecule has 1 fully saturated rings. The Morgan fingerprint density at radius 1 is 1.32 bits per heavy atom. The van der Waals surface area contributed by atoms with Crippen LogP contribution in [-0.4, -0.2) is 61.4 Å². The summed E-state index contributed by atoms with van der Waals surface area (Å²) in [7, 11) is 1.57. The van der Waals surface area contributed by atoms with Crippen molar-refractivity contribution in [2.75, 3.05) is 46.6 Å². The molecule has 0 amide bonds. The van der Waals surface area contributed by atoms with Crippen LogP contribution in [0.1, 0.15) is 0 Å². The lowest BCUT2D eigenvalue weighted by Crippen LogP contribution is -2.38. The number of ether oxygens (including phenoxy) is 3. The number of hydrogen-bond donors (Lipinski definition) is 1. The SMILES string of the molecule is COc1cc2[nH]c(=O)cnc2cc1OCCN1CCOCC1. The van der Waals surface area contributed by atoms with Crippen molar-refractivity contribution < 1.29 is 14.2 Å². The smallest absolute Gasteiger partial charge is 0.266 e. The Morgan fingerprint density at radius 3 is 2.91 bits per heavy atom. The van der Waals surface area contributed by atoms with Crippen molar-refractivity contribution in [2.24, 2.45) is 0 Å². The Morgan fingerprint density at radius 2 is 2.14 bits per heavy atom. The second-order valence-electron chi connectivity index (χ2n) is 5.07. The van der Waals surface area contributed by atoms with Crippen LogP contribution in [0.3, 0.4) is 0 Å². The molecular formula is C15H19N3O4. The Balaban J connectivity index is 1.71. The molecule has 0 radical (unpaired) electrons. The van der Waals surface area contributed by atoms with Crippen molar-refractivity contribution >= 4 is 11.0 Å². The van der Waals surface area contributed by atoms with Crippen LogP contribution in [0.25, 0.3) is 11.0 Å². The number of aromatic amines is 1. The number of hydrogen-bond acceptors (Lipinski definition) is 6. The summed E-state index contributed by atoms with van der Waals surface area (Å²) in [6.45, 7) is 4.81. The first-order valence-corrected chi connectivity index (χ1v) is 7.26. The third kappa shape index (κ3) is 3.37. The van der Waals surface area contributed by atoms with Gasteiger partial charge in [0.1, 0.15) is 6.61 Å². The number of H-pyrrole nitrogens is 1. The summed E-state index contributed by atoms with van der Waals surface area (Å²) in [5.74, 6) is 1.21. The van der Waals surface area contributed by atoms with E-state index >= 15 is 0 Å². The van der Waals surface area contributed by atoms with Gasteiger partial charge in [-0.2, -0.15) is 0 Å². The molecule has 0 aliphatic carbocycles. The van der Waals surface area contributed by atoms with E-state index in [0.717, 1.165) is 32.8 Å². The summed E-state index contributed by atoms with van der Waals surface area (Å²) in [4.78, 5) is 20.4. The average molecular weight is 305 g/mol. The zero-order valence-electron chi connectivity index (χ0n) is 12.5. The second-order valence-corrected chi connectivity index (χ2v) is 5.07. The molecule has 1 aromatic heterocycles. The molecular weight excluding hydrogens is 286 g/mol. The predicted molar refractivity (Wildman–Crippen MR) is 81.7 cm³/mol. The summed E-state index contributed by atoms with van der Waals surface area (Å²) >= 11 is 0. The molecule has 1 N–H and O–H groups in total. The van der Waals surface area contributed by atoms with Crippen LogP contribution in [0.2, 0.25) is 0 Å². The molecule has 0 spiro atoms. The van der Waals surface area contributed by atoms with Gasteiger partial charge in [0.05, 0.1) is 37.6 Å². The first kappa shape index (κ1) is 14.8. The molecule has 0 bridgehead atoms. The van der Waals surface area contributed by atoms with Crippen LogP contribution in [0.15, 0.2) is 23.1 Å².